The molecule has 0 unspecified atom stereocenters. The number of aliphatic hydroxyl groups is 1. The molecule has 2 rings (SSSR count). The Morgan fingerprint density at radius 3 is 2.37 bits per heavy atom. The van der Waals surface area contributed by atoms with Crippen LogP contribution in [0.5, 0.6) is 5.75 Å². The molecule has 2 amide bonds. The molecule has 0 heterocycles. The Bertz CT molecular complexity index is 898. The Balaban J connectivity index is 2.08. The minimum absolute atomic E-state index is 0.266. The van der Waals surface area contributed by atoms with E-state index in [2.05, 4.69) is 17.8 Å². The standard InChI is InChI=1S/C22H26F2N2O4/c1-4-6-9-30-19-8-7-18(17(5-2)13(19)3)21(28)25-26-22(29)20(27)14-10-15(23)12-16(24)11-14/h7-8,10-12,20,27H,4-6,9H2,1-3H3,(H,25,28)(H,26,29)/t20-/m0/s1. The number of unbranched alkanes of at least 4 members (excludes halogenated alkanes) is 1. The Morgan fingerprint density at radius 2 is 1.77 bits per heavy atom. The Kier molecular flexibility index (Phi) is 8.29. The molecule has 8 heteroatoms. The Labute approximate surface area is 174 Å². The van der Waals surface area contributed by atoms with Gasteiger partial charge in [0, 0.05) is 11.6 Å². The van der Waals surface area contributed by atoms with Gasteiger partial charge in [0.15, 0.2) is 6.10 Å². The monoisotopic (exact) mass is 420 g/mol. The fourth-order valence-corrected chi connectivity index (χ4v) is 3.02. The van der Waals surface area contributed by atoms with E-state index in [4.69, 9.17) is 4.74 Å². The van der Waals surface area contributed by atoms with E-state index in [9.17, 15) is 23.5 Å². The van der Waals surface area contributed by atoms with E-state index < -0.39 is 29.6 Å². The first-order valence-corrected chi connectivity index (χ1v) is 9.78. The van der Waals surface area contributed by atoms with Crippen LogP contribution in [0.4, 0.5) is 8.78 Å². The first kappa shape index (κ1) is 23.3. The molecule has 0 saturated heterocycles. The number of nitrogens with one attached hydrogen (secondary N) is 2. The highest BCUT2D eigenvalue weighted by Crippen LogP contribution is 2.26. The lowest BCUT2D eigenvalue weighted by Crippen LogP contribution is -2.44. The highest BCUT2D eigenvalue weighted by molar-refractivity contribution is 5.97. The SMILES string of the molecule is CCCCOc1ccc(C(=O)NNC(=O)[C@@H](O)c2cc(F)cc(F)c2)c(CC)c1C. The maximum atomic E-state index is 13.3. The summed E-state index contributed by atoms with van der Waals surface area (Å²) in [5.74, 6) is -2.76. The van der Waals surface area contributed by atoms with Gasteiger partial charge in [0.05, 0.1) is 6.61 Å². The van der Waals surface area contributed by atoms with Gasteiger partial charge >= 0.3 is 0 Å². The molecule has 0 radical (unpaired) electrons. The second-order valence-corrected chi connectivity index (χ2v) is 6.82. The number of hydrazine groups is 1. The van der Waals surface area contributed by atoms with Crippen molar-refractivity contribution in [1.29, 1.82) is 0 Å². The maximum absolute atomic E-state index is 13.3. The van der Waals surface area contributed by atoms with Crippen molar-refractivity contribution in [2.24, 2.45) is 0 Å². The smallest absolute Gasteiger partial charge is 0.271 e. The van der Waals surface area contributed by atoms with Crippen molar-refractivity contribution in [2.45, 2.75) is 46.1 Å². The summed E-state index contributed by atoms with van der Waals surface area (Å²) < 4.78 is 32.3. The number of ether oxygens (including phenoxy) is 1. The molecule has 2 aromatic carbocycles. The molecule has 0 fully saturated rings. The summed E-state index contributed by atoms with van der Waals surface area (Å²) in [5, 5.41) is 9.99. The lowest BCUT2D eigenvalue weighted by atomic mass is 9.98. The number of benzene rings is 2. The summed E-state index contributed by atoms with van der Waals surface area (Å²) in [5.41, 5.74) is 5.99. The average Bonchev–Trinajstić information content (AvgIpc) is 2.71. The van der Waals surface area contributed by atoms with Crippen molar-refractivity contribution in [1.82, 2.24) is 10.9 Å². The van der Waals surface area contributed by atoms with Crippen molar-refractivity contribution < 1.29 is 28.2 Å². The highest BCUT2D eigenvalue weighted by Gasteiger charge is 2.21. The molecule has 6 nitrogen and oxygen atoms in total. The zero-order chi connectivity index (χ0) is 22.3. The number of carbonyl (C=O) groups excluding carboxylic acids is 2. The topological polar surface area (TPSA) is 87.7 Å². The van der Waals surface area contributed by atoms with Crippen molar-refractivity contribution in [3.8, 4) is 5.75 Å². The molecule has 0 aliphatic carbocycles. The van der Waals surface area contributed by atoms with E-state index in [1.807, 2.05) is 13.8 Å². The van der Waals surface area contributed by atoms with Gasteiger partial charge in [-0.25, -0.2) is 8.78 Å². The summed E-state index contributed by atoms with van der Waals surface area (Å²) in [6.45, 7) is 6.41. The second kappa shape index (κ2) is 10.7. The maximum Gasteiger partial charge on any atom is 0.271 e. The van der Waals surface area contributed by atoms with Gasteiger partial charge in [0.25, 0.3) is 11.8 Å². The summed E-state index contributed by atoms with van der Waals surface area (Å²) >= 11 is 0. The first-order valence-electron chi connectivity index (χ1n) is 9.78. The number of aliphatic hydroxyl groups excluding tert-OH is 1. The first-order chi connectivity index (χ1) is 14.3. The van der Waals surface area contributed by atoms with Gasteiger partial charge in [-0.2, -0.15) is 0 Å². The molecule has 2 aromatic rings. The van der Waals surface area contributed by atoms with Crippen LogP contribution in [-0.2, 0) is 11.2 Å². The van der Waals surface area contributed by atoms with E-state index >= 15 is 0 Å². The zero-order valence-electron chi connectivity index (χ0n) is 17.2. The van der Waals surface area contributed by atoms with Gasteiger partial charge in [-0.05, 0) is 60.7 Å². The molecule has 0 saturated carbocycles. The zero-order valence-corrected chi connectivity index (χ0v) is 17.2. The summed E-state index contributed by atoms with van der Waals surface area (Å²) in [6, 6.07) is 5.61. The Morgan fingerprint density at radius 1 is 1.10 bits per heavy atom. The van der Waals surface area contributed by atoms with E-state index in [1.165, 1.54) is 0 Å². The van der Waals surface area contributed by atoms with E-state index in [1.54, 1.807) is 12.1 Å². The van der Waals surface area contributed by atoms with Gasteiger partial charge in [-0.1, -0.05) is 20.3 Å². The fourth-order valence-electron chi connectivity index (χ4n) is 3.02. The molecule has 3 N–H and O–H groups in total. The van der Waals surface area contributed by atoms with Crippen LogP contribution >= 0.6 is 0 Å². The molecular weight excluding hydrogens is 394 g/mol. The number of carbonyl (C=O) groups is 2. The third kappa shape index (κ3) is 5.76. The van der Waals surface area contributed by atoms with E-state index in [0.717, 1.165) is 36.1 Å². The number of halogens is 2. The number of amides is 2. The molecule has 30 heavy (non-hydrogen) atoms. The normalized spacial score (nSPS) is 11.7. The van der Waals surface area contributed by atoms with Gasteiger partial charge in [-0.15, -0.1) is 0 Å². The predicted molar refractivity (Wildman–Crippen MR) is 108 cm³/mol. The van der Waals surface area contributed by atoms with Crippen molar-refractivity contribution in [2.75, 3.05) is 6.61 Å². The molecule has 0 spiro atoms. The van der Waals surface area contributed by atoms with Gasteiger partial charge in [0.2, 0.25) is 0 Å². The third-order valence-corrected chi connectivity index (χ3v) is 4.65. The molecule has 0 aliphatic heterocycles. The number of hydrogen-bond donors (Lipinski definition) is 3. The molecule has 0 aromatic heterocycles. The van der Waals surface area contributed by atoms with E-state index in [0.29, 0.717) is 30.4 Å². The van der Waals surface area contributed by atoms with Crippen LogP contribution in [-0.4, -0.2) is 23.5 Å². The minimum atomic E-state index is -1.85. The van der Waals surface area contributed by atoms with Crippen LogP contribution in [0.15, 0.2) is 30.3 Å². The van der Waals surface area contributed by atoms with Crippen molar-refractivity contribution >= 4 is 11.8 Å². The lowest BCUT2D eigenvalue weighted by Gasteiger charge is -2.17. The Hall–Kier alpha value is -3.00. The lowest BCUT2D eigenvalue weighted by molar-refractivity contribution is -0.130. The molecule has 0 bridgehead atoms. The highest BCUT2D eigenvalue weighted by atomic mass is 19.1. The van der Waals surface area contributed by atoms with Gasteiger partial charge in [0.1, 0.15) is 17.4 Å². The predicted octanol–water partition coefficient (Wildman–Crippen LogP) is 3.51. The van der Waals surface area contributed by atoms with Crippen molar-refractivity contribution in [3.63, 3.8) is 0 Å². The number of hydrogen-bond acceptors (Lipinski definition) is 4. The number of rotatable bonds is 8. The molecule has 162 valence electrons. The van der Waals surface area contributed by atoms with E-state index in [-0.39, 0.29) is 5.56 Å². The summed E-state index contributed by atoms with van der Waals surface area (Å²) in [7, 11) is 0. The largest absolute Gasteiger partial charge is 0.493 e. The van der Waals surface area contributed by atoms with Gasteiger partial charge in [-0.3, -0.25) is 20.4 Å². The van der Waals surface area contributed by atoms with Crippen LogP contribution < -0.4 is 15.6 Å². The minimum Gasteiger partial charge on any atom is -0.493 e. The third-order valence-electron chi connectivity index (χ3n) is 4.65. The quantitative estimate of drug-likeness (QED) is 0.451. The molecular formula is C22H26F2N2O4. The van der Waals surface area contributed by atoms with Gasteiger partial charge < -0.3 is 9.84 Å². The summed E-state index contributed by atoms with van der Waals surface area (Å²) in [6.07, 6.45) is 0.650. The fraction of sp³-hybridized carbons (Fsp3) is 0.364. The van der Waals surface area contributed by atoms with Crippen LogP contribution in [0.2, 0.25) is 0 Å². The average molecular weight is 420 g/mol. The van der Waals surface area contributed by atoms with Crippen molar-refractivity contribution in [3.05, 3.63) is 64.2 Å². The van der Waals surface area contributed by atoms with Crippen LogP contribution in [0.3, 0.4) is 0 Å². The van der Waals surface area contributed by atoms with Crippen LogP contribution in [0, 0.1) is 18.6 Å². The summed E-state index contributed by atoms with van der Waals surface area (Å²) in [4.78, 5) is 24.6. The molecule has 0 aliphatic rings. The second-order valence-electron chi connectivity index (χ2n) is 6.82. The van der Waals surface area contributed by atoms with Crippen LogP contribution in [0.25, 0.3) is 0 Å². The van der Waals surface area contributed by atoms with Crippen LogP contribution in [0.1, 0.15) is 59.8 Å². The molecule has 1 atom stereocenters.